The molecule has 1 unspecified atom stereocenters. The summed E-state index contributed by atoms with van der Waals surface area (Å²) in [6, 6.07) is 16.9. The number of fused-ring (bicyclic) bond motifs is 1. The summed E-state index contributed by atoms with van der Waals surface area (Å²) in [7, 11) is 5.04. The third-order valence-electron chi connectivity index (χ3n) is 5.54. The minimum Gasteiger partial charge on any atom is -0.497 e. The third-order valence-corrected chi connectivity index (χ3v) is 5.54. The summed E-state index contributed by atoms with van der Waals surface area (Å²) in [5.74, 6) is 1.15. The molecule has 0 saturated carbocycles. The minimum absolute atomic E-state index is 0.198. The van der Waals surface area contributed by atoms with E-state index >= 15 is 0 Å². The van der Waals surface area contributed by atoms with Crippen LogP contribution in [0.3, 0.4) is 0 Å². The number of ether oxygens (including phenoxy) is 2. The smallest absolute Gasteiger partial charge is 0.252 e. The van der Waals surface area contributed by atoms with E-state index in [-0.39, 0.29) is 11.9 Å². The summed E-state index contributed by atoms with van der Waals surface area (Å²) in [6.07, 6.45) is 0. The van der Waals surface area contributed by atoms with Gasteiger partial charge in [-0.15, -0.1) is 0 Å². The van der Waals surface area contributed by atoms with Gasteiger partial charge in [0.15, 0.2) is 5.65 Å². The van der Waals surface area contributed by atoms with Crippen LogP contribution in [-0.4, -0.2) is 34.9 Å². The quantitative estimate of drug-likeness (QED) is 0.489. The van der Waals surface area contributed by atoms with E-state index in [1.54, 1.807) is 25.0 Å². The van der Waals surface area contributed by atoms with E-state index in [0.29, 0.717) is 22.7 Å². The second-order valence-corrected chi connectivity index (χ2v) is 7.63. The van der Waals surface area contributed by atoms with Gasteiger partial charge in [-0.05, 0) is 32.0 Å². The molecule has 1 N–H and O–H groups in total. The molecule has 164 valence electrons. The number of aryl methyl sites for hydroxylation is 2. The molecule has 0 fully saturated rings. The summed E-state index contributed by atoms with van der Waals surface area (Å²) < 4.78 is 12.5. The third kappa shape index (κ3) is 3.89. The number of aromatic nitrogens is 3. The first kappa shape index (κ1) is 21.4. The van der Waals surface area contributed by atoms with Gasteiger partial charge in [0.05, 0.1) is 42.6 Å². The Morgan fingerprint density at radius 3 is 2.50 bits per heavy atom. The van der Waals surface area contributed by atoms with E-state index in [4.69, 9.17) is 14.5 Å². The van der Waals surface area contributed by atoms with Gasteiger partial charge in [-0.2, -0.15) is 5.10 Å². The maximum atomic E-state index is 13.5. The normalized spacial score (nSPS) is 11.9. The Bertz CT molecular complexity index is 1280. The lowest BCUT2D eigenvalue weighted by Crippen LogP contribution is -2.27. The SMILES string of the molecule is COc1ccc(C(C)NC(=O)c2cc(-c3ccccc3)nc3c2c(C)nn3C)c(OC)c1. The van der Waals surface area contributed by atoms with Gasteiger partial charge in [0.2, 0.25) is 0 Å². The maximum Gasteiger partial charge on any atom is 0.252 e. The average Bonchev–Trinajstić information content (AvgIpc) is 3.11. The lowest BCUT2D eigenvalue weighted by Gasteiger charge is -2.18. The number of benzene rings is 2. The second kappa shape index (κ2) is 8.70. The van der Waals surface area contributed by atoms with Gasteiger partial charge in [-0.3, -0.25) is 9.48 Å². The molecular formula is C25H26N4O3. The van der Waals surface area contributed by atoms with Gasteiger partial charge in [0.25, 0.3) is 5.91 Å². The first-order chi connectivity index (χ1) is 15.4. The summed E-state index contributed by atoms with van der Waals surface area (Å²) in [5, 5.41) is 8.35. The molecule has 0 saturated heterocycles. The predicted octanol–water partition coefficient (Wildman–Crippen LogP) is 4.45. The van der Waals surface area contributed by atoms with Crippen molar-refractivity contribution in [3.8, 4) is 22.8 Å². The van der Waals surface area contributed by atoms with Crippen molar-refractivity contribution in [1.82, 2.24) is 20.1 Å². The van der Waals surface area contributed by atoms with Gasteiger partial charge in [0, 0.05) is 24.2 Å². The molecule has 1 amide bonds. The van der Waals surface area contributed by atoms with E-state index in [2.05, 4.69) is 10.4 Å². The number of pyridine rings is 1. The molecule has 0 radical (unpaired) electrons. The van der Waals surface area contributed by atoms with E-state index in [1.165, 1.54) is 0 Å². The molecule has 7 nitrogen and oxygen atoms in total. The predicted molar refractivity (Wildman–Crippen MR) is 124 cm³/mol. The van der Waals surface area contributed by atoms with Crippen molar-refractivity contribution >= 4 is 16.9 Å². The van der Waals surface area contributed by atoms with Gasteiger partial charge in [-0.1, -0.05) is 30.3 Å². The topological polar surface area (TPSA) is 78.3 Å². The number of amides is 1. The number of nitrogens with zero attached hydrogens (tertiary/aromatic N) is 3. The summed E-state index contributed by atoms with van der Waals surface area (Å²) >= 11 is 0. The van der Waals surface area contributed by atoms with Crippen LogP contribution in [0.1, 0.15) is 34.6 Å². The van der Waals surface area contributed by atoms with Crippen LogP contribution in [0.25, 0.3) is 22.3 Å². The first-order valence-electron chi connectivity index (χ1n) is 10.4. The van der Waals surface area contributed by atoms with Crippen molar-refractivity contribution in [2.75, 3.05) is 14.2 Å². The van der Waals surface area contributed by atoms with Crippen LogP contribution in [0.15, 0.2) is 54.6 Å². The number of rotatable bonds is 6. The summed E-state index contributed by atoms with van der Waals surface area (Å²) in [4.78, 5) is 18.2. The summed E-state index contributed by atoms with van der Waals surface area (Å²) in [5.41, 5.74) is 4.49. The van der Waals surface area contributed by atoms with Crippen LogP contribution in [0.2, 0.25) is 0 Å². The fourth-order valence-electron chi connectivity index (χ4n) is 3.91. The minimum atomic E-state index is -0.288. The van der Waals surface area contributed by atoms with Gasteiger partial charge in [-0.25, -0.2) is 4.98 Å². The number of methoxy groups -OCH3 is 2. The van der Waals surface area contributed by atoms with Crippen LogP contribution >= 0.6 is 0 Å². The molecule has 2 heterocycles. The Morgan fingerprint density at radius 1 is 1.06 bits per heavy atom. The zero-order valence-corrected chi connectivity index (χ0v) is 18.8. The molecular weight excluding hydrogens is 404 g/mol. The zero-order valence-electron chi connectivity index (χ0n) is 18.8. The van der Waals surface area contributed by atoms with E-state index < -0.39 is 0 Å². The molecule has 2 aromatic carbocycles. The van der Waals surface area contributed by atoms with E-state index in [0.717, 1.165) is 27.9 Å². The molecule has 0 aliphatic carbocycles. The van der Waals surface area contributed by atoms with Gasteiger partial charge < -0.3 is 14.8 Å². The standard InChI is InChI=1S/C25H26N4O3/c1-15(19-12-11-18(31-4)13-22(19)32-5)26-25(30)20-14-21(17-9-7-6-8-10-17)27-24-23(20)16(2)28-29(24)3/h6-15H,1-5H3,(H,26,30). The highest BCUT2D eigenvalue weighted by molar-refractivity contribution is 6.07. The molecule has 32 heavy (non-hydrogen) atoms. The van der Waals surface area contributed by atoms with Crippen molar-refractivity contribution in [2.24, 2.45) is 7.05 Å². The lowest BCUT2D eigenvalue weighted by molar-refractivity contribution is 0.0941. The number of hydrogen-bond acceptors (Lipinski definition) is 5. The number of hydrogen-bond donors (Lipinski definition) is 1. The average molecular weight is 431 g/mol. The molecule has 7 heteroatoms. The van der Waals surface area contributed by atoms with E-state index in [1.807, 2.05) is 69.4 Å². The molecule has 2 aromatic heterocycles. The molecule has 1 atom stereocenters. The van der Waals surface area contributed by atoms with Crippen LogP contribution in [0, 0.1) is 6.92 Å². The Kier molecular flexibility index (Phi) is 5.81. The molecule has 0 aliphatic rings. The first-order valence-corrected chi connectivity index (χ1v) is 10.4. The van der Waals surface area contributed by atoms with Gasteiger partial charge in [0.1, 0.15) is 11.5 Å². The number of carbonyl (C=O) groups is 1. The number of carbonyl (C=O) groups excluding carboxylic acids is 1. The van der Waals surface area contributed by atoms with Gasteiger partial charge >= 0.3 is 0 Å². The van der Waals surface area contributed by atoms with Crippen molar-refractivity contribution in [3.63, 3.8) is 0 Å². The molecule has 0 spiro atoms. The second-order valence-electron chi connectivity index (χ2n) is 7.63. The van der Waals surface area contributed by atoms with Crippen LogP contribution in [0.5, 0.6) is 11.5 Å². The highest BCUT2D eigenvalue weighted by Crippen LogP contribution is 2.31. The fraction of sp³-hybridized carbons (Fsp3) is 0.240. The van der Waals surface area contributed by atoms with Crippen LogP contribution < -0.4 is 14.8 Å². The highest BCUT2D eigenvalue weighted by Gasteiger charge is 2.22. The van der Waals surface area contributed by atoms with Crippen molar-refractivity contribution in [3.05, 3.63) is 71.4 Å². The number of nitrogens with one attached hydrogen (secondary N) is 1. The van der Waals surface area contributed by atoms with E-state index in [9.17, 15) is 4.79 Å². The molecule has 0 bridgehead atoms. The Morgan fingerprint density at radius 2 is 1.81 bits per heavy atom. The monoisotopic (exact) mass is 430 g/mol. The fourth-order valence-corrected chi connectivity index (χ4v) is 3.91. The lowest BCUT2D eigenvalue weighted by atomic mass is 10.0. The Hall–Kier alpha value is -3.87. The Labute approximate surface area is 187 Å². The molecule has 4 rings (SSSR count). The van der Waals surface area contributed by atoms with Crippen molar-refractivity contribution in [1.29, 1.82) is 0 Å². The highest BCUT2D eigenvalue weighted by atomic mass is 16.5. The van der Waals surface area contributed by atoms with Crippen molar-refractivity contribution < 1.29 is 14.3 Å². The molecule has 4 aromatic rings. The maximum absolute atomic E-state index is 13.5. The zero-order chi connectivity index (χ0) is 22.8. The largest absolute Gasteiger partial charge is 0.497 e. The van der Waals surface area contributed by atoms with Crippen molar-refractivity contribution in [2.45, 2.75) is 19.9 Å². The Balaban J connectivity index is 1.75. The van der Waals surface area contributed by atoms with Crippen LogP contribution in [-0.2, 0) is 7.05 Å². The van der Waals surface area contributed by atoms with Crippen LogP contribution in [0.4, 0.5) is 0 Å². The molecule has 0 aliphatic heterocycles. The summed E-state index contributed by atoms with van der Waals surface area (Å²) in [6.45, 7) is 3.81.